The standard InChI is InChI=1S/C13H22N2O3S/c1-3-12(4-2)15(9-10-16)19(17,18)13-7-5-11(14)6-8-13/h5-8,12,16H,3-4,9-10,14H2,1-2H3. The minimum atomic E-state index is -3.59. The van der Waals surface area contributed by atoms with Gasteiger partial charge in [0, 0.05) is 18.3 Å². The Labute approximate surface area is 115 Å². The van der Waals surface area contributed by atoms with E-state index < -0.39 is 10.0 Å². The number of hydrogen-bond donors (Lipinski definition) is 2. The van der Waals surface area contributed by atoms with Crippen LogP contribution in [0.2, 0.25) is 0 Å². The van der Waals surface area contributed by atoms with E-state index >= 15 is 0 Å². The summed E-state index contributed by atoms with van der Waals surface area (Å²) in [5.41, 5.74) is 6.09. The molecule has 1 aromatic rings. The molecule has 0 atom stereocenters. The molecule has 0 aliphatic carbocycles. The average Bonchev–Trinajstić information content (AvgIpc) is 2.39. The van der Waals surface area contributed by atoms with Crippen molar-refractivity contribution in [2.45, 2.75) is 37.6 Å². The maximum absolute atomic E-state index is 12.6. The molecule has 0 unspecified atom stereocenters. The fourth-order valence-electron chi connectivity index (χ4n) is 2.07. The average molecular weight is 286 g/mol. The topological polar surface area (TPSA) is 83.6 Å². The van der Waals surface area contributed by atoms with E-state index in [-0.39, 0.29) is 24.1 Å². The molecule has 5 nitrogen and oxygen atoms in total. The molecule has 6 heteroatoms. The SMILES string of the molecule is CCC(CC)N(CCO)S(=O)(=O)c1ccc(N)cc1. The summed E-state index contributed by atoms with van der Waals surface area (Å²) in [7, 11) is -3.59. The van der Waals surface area contributed by atoms with Crippen LogP contribution in [0.3, 0.4) is 0 Å². The number of benzene rings is 1. The van der Waals surface area contributed by atoms with Crippen LogP contribution in [0.5, 0.6) is 0 Å². The van der Waals surface area contributed by atoms with Crippen LogP contribution < -0.4 is 5.73 Å². The molecule has 3 N–H and O–H groups in total. The van der Waals surface area contributed by atoms with E-state index in [1.807, 2.05) is 13.8 Å². The van der Waals surface area contributed by atoms with Crippen LogP contribution >= 0.6 is 0 Å². The Balaban J connectivity index is 3.15. The molecule has 0 spiro atoms. The van der Waals surface area contributed by atoms with Crippen LogP contribution in [0.4, 0.5) is 5.69 Å². The van der Waals surface area contributed by atoms with Crippen molar-refractivity contribution in [3.05, 3.63) is 24.3 Å². The van der Waals surface area contributed by atoms with Gasteiger partial charge in [-0.3, -0.25) is 0 Å². The molecule has 0 aromatic heterocycles. The first-order valence-electron chi connectivity index (χ1n) is 6.45. The van der Waals surface area contributed by atoms with Crippen LogP contribution in [0, 0.1) is 0 Å². The zero-order valence-electron chi connectivity index (χ0n) is 11.4. The molecule has 0 bridgehead atoms. The number of aliphatic hydroxyl groups excluding tert-OH is 1. The van der Waals surface area contributed by atoms with Crippen LogP contribution in [-0.2, 0) is 10.0 Å². The molecule has 108 valence electrons. The van der Waals surface area contributed by atoms with E-state index in [1.54, 1.807) is 12.1 Å². The van der Waals surface area contributed by atoms with Crippen molar-refractivity contribution >= 4 is 15.7 Å². The number of nitrogen functional groups attached to an aromatic ring is 1. The number of aliphatic hydroxyl groups is 1. The van der Waals surface area contributed by atoms with Gasteiger partial charge >= 0.3 is 0 Å². The van der Waals surface area contributed by atoms with Gasteiger partial charge in [0.1, 0.15) is 0 Å². The van der Waals surface area contributed by atoms with E-state index in [0.717, 1.165) is 0 Å². The Kier molecular flexibility index (Phi) is 5.78. The lowest BCUT2D eigenvalue weighted by Gasteiger charge is -2.29. The largest absolute Gasteiger partial charge is 0.399 e. The smallest absolute Gasteiger partial charge is 0.243 e. The summed E-state index contributed by atoms with van der Waals surface area (Å²) < 4.78 is 26.5. The molecular weight excluding hydrogens is 264 g/mol. The van der Waals surface area contributed by atoms with Gasteiger partial charge in [0.2, 0.25) is 10.0 Å². The molecule has 1 rings (SSSR count). The van der Waals surface area contributed by atoms with Crippen molar-refractivity contribution in [2.24, 2.45) is 0 Å². The minimum Gasteiger partial charge on any atom is -0.399 e. The van der Waals surface area contributed by atoms with Crippen LogP contribution in [0.1, 0.15) is 26.7 Å². The maximum Gasteiger partial charge on any atom is 0.243 e. The molecule has 1 aromatic carbocycles. The third-order valence-corrected chi connectivity index (χ3v) is 5.12. The first kappa shape index (κ1) is 15.9. The molecular formula is C13H22N2O3S. The Morgan fingerprint density at radius 3 is 2.16 bits per heavy atom. The predicted octanol–water partition coefficient (Wildman–Crippen LogP) is 1.44. The highest BCUT2D eigenvalue weighted by Gasteiger charge is 2.29. The van der Waals surface area contributed by atoms with E-state index in [1.165, 1.54) is 16.4 Å². The molecule has 0 aliphatic heterocycles. The van der Waals surface area contributed by atoms with Gasteiger partial charge in [0.05, 0.1) is 11.5 Å². The molecule has 0 fully saturated rings. The number of anilines is 1. The molecule has 0 radical (unpaired) electrons. The Morgan fingerprint density at radius 2 is 1.74 bits per heavy atom. The second-order valence-corrected chi connectivity index (χ2v) is 6.27. The molecule has 0 aliphatic rings. The summed E-state index contributed by atoms with van der Waals surface area (Å²) in [6, 6.07) is 6.03. The lowest BCUT2D eigenvalue weighted by molar-refractivity contribution is 0.219. The fourth-order valence-corrected chi connectivity index (χ4v) is 3.83. The maximum atomic E-state index is 12.6. The van der Waals surface area contributed by atoms with Crippen LogP contribution in [0.25, 0.3) is 0 Å². The van der Waals surface area contributed by atoms with Crippen molar-refractivity contribution in [3.63, 3.8) is 0 Å². The minimum absolute atomic E-state index is 0.102. The molecule has 0 saturated carbocycles. The van der Waals surface area contributed by atoms with Gasteiger partial charge in [0.25, 0.3) is 0 Å². The quantitative estimate of drug-likeness (QED) is 0.743. The number of sulfonamides is 1. The van der Waals surface area contributed by atoms with Crippen molar-refractivity contribution in [2.75, 3.05) is 18.9 Å². The van der Waals surface area contributed by atoms with Gasteiger partial charge in [-0.25, -0.2) is 8.42 Å². The van der Waals surface area contributed by atoms with Gasteiger partial charge in [-0.2, -0.15) is 4.31 Å². The first-order chi connectivity index (χ1) is 8.97. The van der Waals surface area contributed by atoms with Gasteiger partial charge in [-0.15, -0.1) is 0 Å². The first-order valence-corrected chi connectivity index (χ1v) is 7.89. The lowest BCUT2D eigenvalue weighted by atomic mass is 10.2. The van der Waals surface area contributed by atoms with Crippen LogP contribution in [-0.4, -0.2) is 37.0 Å². The van der Waals surface area contributed by atoms with Crippen molar-refractivity contribution in [1.82, 2.24) is 4.31 Å². The highest BCUT2D eigenvalue weighted by molar-refractivity contribution is 7.89. The third kappa shape index (κ3) is 3.68. The summed E-state index contributed by atoms with van der Waals surface area (Å²) in [4.78, 5) is 0.210. The van der Waals surface area contributed by atoms with Crippen molar-refractivity contribution in [3.8, 4) is 0 Å². The van der Waals surface area contributed by atoms with E-state index in [4.69, 9.17) is 10.8 Å². The summed E-state index contributed by atoms with van der Waals surface area (Å²) in [6.45, 7) is 3.80. The Morgan fingerprint density at radius 1 is 1.21 bits per heavy atom. The molecule has 0 amide bonds. The number of hydrogen-bond acceptors (Lipinski definition) is 4. The monoisotopic (exact) mass is 286 g/mol. The molecule has 0 saturated heterocycles. The van der Waals surface area contributed by atoms with Gasteiger partial charge in [0.15, 0.2) is 0 Å². The van der Waals surface area contributed by atoms with Crippen molar-refractivity contribution < 1.29 is 13.5 Å². The van der Waals surface area contributed by atoms with Gasteiger partial charge < -0.3 is 10.8 Å². The third-order valence-electron chi connectivity index (χ3n) is 3.16. The zero-order valence-corrected chi connectivity index (χ0v) is 12.2. The van der Waals surface area contributed by atoms with Gasteiger partial charge in [-0.1, -0.05) is 13.8 Å². The summed E-state index contributed by atoms with van der Waals surface area (Å²) in [6.07, 6.45) is 1.43. The van der Waals surface area contributed by atoms with Gasteiger partial charge in [-0.05, 0) is 37.1 Å². The Hall–Kier alpha value is -1.11. The zero-order chi connectivity index (χ0) is 14.5. The fraction of sp³-hybridized carbons (Fsp3) is 0.538. The van der Waals surface area contributed by atoms with Crippen molar-refractivity contribution in [1.29, 1.82) is 0 Å². The Bertz CT molecular complexity index is 481. The number of nitrogens with two attached hydrogens (primary N) is 1. The normalized spacial score (nSPS) is 12.3. The predicted molar refractivity (Wildman–Crippen MR) is 76.2 cm³/mol. The lowest BCUT2D eigenvalue weighted by Crippen LogP contribution is -2.41. The second-order valence-electron chi connectivity index (χ2n) is 4.38. The van der Waals surface area contributed by atoms with E-state index in [0.29, 0.717) is 18.5 Å². The number of nitrogens with zero attached hydrogens (tertiary/aromatic N) is 1. The van der Waals surface area contributed by atoms with Crippen LogP contribution in [0.15, 0.2) is 29.2 Å². The van der Waals surface area contributed by atoms with E-state index in [9.17, 15) is 8.42 Å². The highest BCUT2D eigenvalue weighted by atomic mass is 32.2. The summed E-state index contributed by atoms with van der Waals surface area (Å²) >= 11 is 0. The second kappa shape index (κ2) is 6.88. The summed E-state index contributed by atoms with van der Waals surface area (Å²) in [5.74, 6) is 0. The number of rotatable bonds is 7. The summed E-state index contributed by atoms with van der Waals surface area (Å²) in [5, 5.41) is 9.10. The molecule has 0 heterocycles. The van der Waals surface area contributed by atoms with E-state index in [2.05, 4.69) is 0 Å². The molecule has 19 heavy (non-hydrogen) atoms. The highest BCUT2D eigenvalue weighted by Crippen LogP contribution is 2.21.